The normalized spacial score (nSPS) is 12.5. The molecule has 0 spiro atoms. The zero-order chi connectivity index (χ0) is 15.1. The first-order chi connectivity index (χ1) is 10.2. The van der Waals surface area contributed by atoms with Crippen LogP contribution in [0.25, 0.3) is 0 Å². The molecule has 5 heteroatoms. The molecule has 1 atom stereocenters. The highest BCUT2D eigenvalue weighted by molar-refractivity contribution is 7.47. The van der Waals surface area contributed by atoms with Gasteiger partial charge in [0.2, 0.25) is 0 Å². The highest BCUT2D eigenvalue weighted by Gasteiger charge is 2.23. The molecule has 112 valence electrons. The summed E-state index contributed by atoms with van der Waals surface area (Å²) in [5, 5.41) is 12.9. The topological polar surface area (TPSA) is 50.7 Å². The minimum absolute atomic E-state index is 0.0594. The molecule has 0 heterocycles. The van der Waals surface area contributed by atoms with Gasteiger partial charge in [0.25, 0.3) is 0 Å². The molecule has 0 saturated heterocycles. The largest absolute Gasteiger partial charge is 0.508 e. The second-order valence-corrected chi connectivity index (χ2v) is 6.33. The fourth-order valence-corrected chi connectivity index (χ4v) is 3.29. The van der Waals surface area contributed by atoms with Crippen LogP contribution in [0, 0.1) is 0 Å². The number of hydrogen-bond acceptors (Lipinski definition) is 4. The van der Waals surface area contributed by atoms with E-state index in [1.807, 2.05) is 30.3 Å². The Hall–Kier alpha value is -1.45. The molecule has 0 aliphatic heterocycles. The average molecular weight is 305 g/mol. The molecule has 0 fully saturated rings. The van der Waals surface area contributed by atoms with Crippen molar-refractivity contribution in [2.75, 3.05) is 14.2 Å². The van der Waals surface area contributed by atoms with Crippen molar-refractivity contribution in [3.05, 3.63) is 65.7 Å². The Morgan fingerprint density at radius 2 is 1.62 bits per heavy atom. The average Bonchev–Trinajstić information content (AvgIpc) is 2.53. The molecule has 2 N–H and O–H groups in total. The van der Waals surface area contributed by atoms with Crippen molar-refractivity contribution in [2.45, 2.75) is 12.3 Å². The van der Waals surface area contributed by atoms with Gasteiger partial charge in [-0.15, -0.1) is 0 Å². The maximum Gasteiger partial charge on any atom is 0.193 e. The summed E-state index contributed by atoms with van der Waals surface area (Å²) in [6.07, 6.45) is 0. The zero-order valence-corrected chi connectivity index (χ0v) is 13.1. The van der Waals surface area contributed by atoms with E-state index in [1.165, 1.54) is 5.56 Å². The summed E-state index contributed by atoms with van der Waals surface area (Å²) in [7, 11) is 2.20. The van der Waals surface area contributed by atoms with Gasteiger partial charge < -0.3 is 14.2 Å². The second kappa shape index (κ2) is 8.11. The number of benzene rings is 2. The van der Waals surface area contributed by atoms with E-state index >= 15 is 0 Å². The molecule has 0 aliphatic carbocycles. The fourth-order valence-electron chi connectivity index (χ4n) is 2.07. The summed E-state index contributed by atoms with van der Waals surface area (Å²) in [6, 6.07) is 17.3. The quantitative estimate of drug-likeness (QED) is 0.764. The van der Waals surface area contributed by atoms with Gasteiger partial charge in [0.15, 0.2) is 8.38 Å². The Morgan fingerprint density at radius 3 is 2.19 bits per heavy atom. The maximum absolute atomic E-state index is 9.42. The van der Waals surface area contributed by atoms with E-state index in [0.29, 0.717) is 0 Å². The van der Waals surface area contributed by atoms with Crippen molar-refractivity contribution in [3.63, 3.8) is 0 Å². The lowest BCUT2D eigenvalue weighted by Crippen LogP contribution is -2.20. The first-order valence-corrected chi connectivity index (χ1v) is 7.93. The molecular formula is C16H20NO3P. The van der Waals surface area contributed by atoms with Crippen LogP contribution in [-0.2, 0) is 15.6 Å². The summed E-state index contributed by atoms with van der Waals surface area (Å²) >= 11 is 0. The number of hydrogen-bond donors (Lipinski definition) is 2. The third-order valence-corrected chi connectivity index (χ3v) is 4.74. The highest BCUT2D eigenvalue weighted by atomic mass is 31.2. The van der Waals surface area contributed by atoms with Crippen molar-refractivity contribution in [2.24, 2.45) is 0 Å². The van der Waals surface area contributed by atoms with Gasteiger partial charge in [-0.1, -0.05) is 42.5 Å². The van der Waals surface area contributed by atoms with E-state index in [-0.39, 0.29) is 11.5 Å². The van der Waals surface area contributed by atoms with Crippen molar-refractivity contribution in [1.29, 1.82) is 0 Å². The van der Waals surface area contributed by atoms with E-state index < -0.39 is 8.38 Å². The Kier molecular flexibility index (Phi) is 6.15. The van der Waals surface area contributed by atoms with Gasteiger partial charge in [-0.2, -0.15) is 0 Å². The molecule has 0 saturated carbocycles. The lowest BCUT2D eigenvalue weighted by atomic mass is 10.2. The Labute approximate surface area is 126 Å². The summed E-state index contributed by atoms with van der Waals surface area (Å²) in [5.41, 5.74) is 2.22. The Balaban J connectivity index is 2.14. The van der Waals surface area contributed by atoms with Gasteiger partial charge in [-0.25, -0.2) is 0 Å². The first-order valence-electron chi connectivity index (χ1n) is 6.68. The van der Waals surface area contributed by atoms with Crippen LogP contribution in [0.1, 0.15) is 16.9 Å². The molecule has 0 aliphatic rings. The van der Waals surface area contributed by atoms with Crippen molar-refractivity contribution in [1.82, 2.24) is 5.32 Å². The minimum atomic E-state index is -1.09. The van der Waals surface area contributed by atoms with E-state index in [0.717, 1.165) is 12.1 Å². The van der Waals surface area contributed by atoms with Crippen LogP contribution in [0.3, 0.4) is 0 Å². The Morgan fingerprint density at radius 1 is 1.00 bits per heavy atom. The van der Waals surface area contributed by atoms with Gasteiger partial charge in [0.1, 0.15) is 11.5 Å². The lowest BCUT2D eigenvalue weighted by Gasteiger charge is -2.25. The van der Waals surface area contributed by atoms with Crippen molar-refractivity contribution < 1.29 is 14.2 Å². The molecule has 0 amide bonds. The summed E-state index contributed by atoms with van der Waals surface area (Å²) in [6.45, 7) is 0.720. The van der Waals surface area contributed by atoms with Gasteiger partial charge in [0.05, 0.1) is 0 Å². The van der Waals surface area contributed by atoms with Crippen LogP contribution < -0.4 is 5.32 Å². The molecule has 2 aromatic rings. The smallest absolute Gasteiger partial charge is 0.193 e. The predicted molar refractivity (Wildman–Crippen MR) is 85.1 cm³/mol. The van der Waals surface area contributed by atoms with Gasteiger partial charge >= 0.3 is 0 Å². The number of aromatic hydroxyl groups is 1. The monoisotopic (exact) mass is 305 g/mol. The summed E-state index contributed by atoms with van der Waals surface area (Å²) < 4.78 is 10.9. The van der Waals surface area contributed by atoms with Crippen LogP contribution in [0.5, 0.6) is 5.75 Å². The van der Waals surface area contributed by atoms with Gasteiger partial charge in [0, 0.05) is 20.8 Å². The lowest BCUT2D eigenvalue weighted by molar-refractivity contribution is 0.323. The van der Waals surface area contributed by atoms with E-state index in [4.69, 9.17) is 9.05 Å². The first kappa shape index (κ1) is 15.9. The van der Waals surface area contributed by atoms with E-state index in [1.54, 1.807) is 26.4 Å². The number of rotatable bonds is 7. The summed E-state index contributed by atoms with van der Waals surface area (Å²) in [5.74, 6) is 0.190. The van der Waals surface area contributed by atoms with Crippen molar-refractivity contribution >= 4 is 8.38 Å². The molecule has 4 nitrogen and oxygen atoms in total. The van der Waals surface area contributed by atoms with Crippen LogP contribution in [0.4, 0.5) is 0 Å². The maximum atomic E-state index is 9.42. The highest BCUT2D eigenvalue weighted by Crippen LogP contribution is 2.50. The molecule has 2 aromatic carbocycles. The Bertz CT molecular complexity index is 529. The molecule has 0 radical (unpaired) electrons. The van der Waals surface area contributed by atoms with E-state index in [9.17, 15) is 5.11 Å². The molecule has 21 heavy (non-hydrogen) atoms. The van der Waals surface area contributed by atoms with Crippen LogP contribution in [-0.4, -0.2) is 19.3 Å². The zero-order valence-electron chi connectivity index (χ0n) is 12.2. The molecular weight excluding hydrogens is 285 g/mol. The number of nitrogens with one attached hydrogen (secondary N) is 1. The fraction of sp³-hybridized carbons (Fsp3) is 0.250. The third-order valence-electron chi connectivity index (χ3n) is 3.12. The van der Waals surface area contributed by atoms with Gasteiger partial charge in [-0.05, 0) is 23.3 Å². The van der Waals surface area contributed by atoms with Gasteiger partial charge in [-0.3, -0.25) is 5.32 Å². The SMILES string of the molecule is COP(OC)C(NCc1ccccc1)c1ccc(O)cc1. The second-order valence-electron chi connectivity index (χ2n) is 4.51. The molecule has 0 bridgehead atoms. The third kappa shape index (κ3) is 4.51. The standard InChI is InChI=1S/C16H20NO3P/c1-19-21(20-2)16(14-8-10-15(18)11-9-14)17-12-13-6-4-3-5-7-13/h3-11,16-18H,12H2,1-2H3. The van der Waals surface area contributed by atoms with Crippen LogP contribution in [0.2, 0.25) is 0 Å². The molecule has 0 aromatic heterocycles. The van der Waals surface area contributed by atoms with Crippen molar-refractivity contribution in [3.8, 4) is 5.75 Å². The minimum Gasteiger partial charge on any atom is -0.508 e. The predicted octanol–water partition coefficient (Wildman–Crippen LogP) is 3.79. The molecule has 1 unspecified atom stereocenters. The number of phenolic OH excluding ortho intramolecular Hbond substituents is 1. The van der Waals surface area contributed by atoms with E-state index in [2.05, 4.69) is 17.4 Å². The number of phenols is 1. The van der Waals surface area contributed by atoms with Crippen LogP contribution in [0.15, 0.2) is 54.6 Å². The summed E-state index contributed by atoms with van der Waals surface area (Å²) in [4.78, 5) is 0. The van der Waals surface area contributed by atoms with Crippen LogP contribution >= 0.6 is 8.38 Å². The molecule has 2 rings (SSSR count).